The Morgan fingerprint density at radius 2 is 1.56 bits per heavy atom. The minimum Gasteiger partial charge on any atom is -0.493 e. The number of methoxy groups -OCH3 is 2. The van der Waals surface area contributed by atoms with Gasteiger partial charge in [0.2, 0.25) is 5.95 Å². The van der Waals surface area contributed by atoms with E-state index in [2.05, 4.69) is 25.8 Å². The molecule has 7 heteroatoms. The summed E-state index contributed by atoms with van der Waals surface area (Å²) in [5.41, 5.74) is 2.89. The average molecular weight is 337 g/mol. The van der Waals surface area contributed by atoms with Crippen LogP contribution in [0.4, 0.5) is 23.1 Å². The first-order valence-electron chi connectivity index (χ1n) is 7.70. The number of benzene rings is 2. The van der Waals surface area contributed by atoms with Crippen LogP contribution in [0.15, 0.2) is 48.7 Å². The van der Waals surface area contributed by atoms with E-state index in [0.29, 0.717) is 23.3 Å². The highest BCUT2D eigenvalue weighted by Gasteiger charge is 2.06. The summed E-state index contributed by atoms with van der Waals surface area (Å²) in [5, 5.41) is 14.3. The minimum atomic E-state index is 0.411. The molecule has 0 amide bonds. The predicted octanol–water partition coefficient (Wildman–Crippen LogP) is 3.68. The molecule has 3 aromatic rings. The maximum Gasteiger partial charge on any atom is 0.249 e. The number of aromatic nitrogens is 3. The summed E-state index contributed by atoms with van der Waals surface area (Å²) < 4.78 is 10.5. The highest BCUT2D eigenvalue weighted by atomic mass is 16.5. The first-order valence-corrected chi connectivity index (χ1v) is 7.70. The molecule has 0 spiro atoms. The van der Waals surface area contributed by atoms with Crippen LogP contribution in [0.25, 0.3) is 0 Å². The van der Waals surface area contributed by atoms with Crippen molar-refractivity contribution in [1.82, 2.24) is 15.2 Å². The van der Waals surface area contributed by atoms with Gasteiger partial charge < -0.3 is 20.1 Å². The molecule has 1 heterocycles. The zero-order valence-corrected chi connectivity index (χ0v) is 14.3. The smallest absolute Gasteiger partial charge is 0.249 e. The highest BCUT2D eigenvalue weighted by molar-refractivity contribution is 5.62. The molecule has 0 unspecified atom stereocenters. The Balaban J connectivity index is 1.76. The van der Waals surface area contributed by atoms with Gasteiger partial charge >= 0.3 is 0 Å². The summed E-state index contributed by atoms with van der Waals surface area (Å²) >= 11 is 0. The molecule has 0 saturated heterocycles. The lowest BCUT2D eigenvalue weighted by atomic mass is 10.2. The molecule has 0 aliphatic carbocycles. The molecule has 0 aliphatic rings. The van der Waals surface area contributed by atoms with Gasteiger partial charge in [-0.25, -0.2) is 0 Å². The third-order valence-corrected chi connectivity index (χ3v) is 3.52. The zero-order valence-electron chi connectivity index (χ0n) is 14.3. The molecule has 25 heavy (non-hydrogen) atoms. The van der Waals surface area contributed by atoms with E-state index >= 15 is 0 Å². The SMILES string of the molecule is COc1ccc(Nc2cnnc(Nc3ccc(C)cc3)n2)cc1OC. The molecule has 128 valence electrons. The van der Waals surface area contributed by atoms with Crippen LogP contribution in [0.5, 0.6) is 11.5 Å². The van der Waals surface area contributed by atoms with Gasteiger partial charge in [0.1, 0.15) is 0 Å². The molecule has 1 aromatic heterocycles. The Morgan fingerprint density at radius 3 is 2.28 bits per heavy atom. The van der Waals surface area contributed by atoms with Crippen molar-refractivity contribution in [3.63, 3.8) is 0 Å². The number of rotatable bonds is 6. The zero-order chi connectivity index (χ0) is 17.6. The number of nitrogens with zero attached hydrogens (tertiary/aromatic N) is 3. The average Bonchev–Trinajstić information content (AvgIpc) is 2.64. The lowest BCUT2D eigenvalue weighted by Crippen LogP contribution is -2.02. The summed E-state index contributed by atoms with van der Waals surface area (Å²) in [6, 6.07) is 13.5. The summed E-state index contributed by atoms with van der Waals surface area (Å²) in [5.74, 6) is 2.27. The second kappa shape index (κ2) is 7.48. The van der Waals surface area contributed by atoms with E-state index in [0.717, 1.165) is 11.4 Å². The maximum atomic E-state index is 5.30. The number of hydrogen-bond donors (Lipinski definition) is 2. The summed E-state index contributed by atoms with van der Waals surface area (Å²) in [6.45, 7) is 2.04. The molecule has 3 rings (SSSR count). The first-order chi connectivity index (χ1) is 12.2. The molecule has 0 aliphatic heterocycles. The van der Waals surface area contributed by atoms with Crippen molar-refractivity contribution in [3.05, 3.63) is 54.2 Å². The van der Waals surface area contributed by atoms with Crippen molar-refractivity contribution < 1.29 is 9.47 Å². The van der Waals surface area contributed by atoms with E-state index in [1.807, 2.05) is 49.4 Å². The van der Waals surface area contributed by atoms with E-state index in [1.165, 1.54) is 5.56 Å². The van der Waals surface area contributed by atoms with Crippen LogP contribution in [0.2, 0.25) is 0 Å². The van der Waals surface area contributed by atoms with Crippen molar-refractivity contribution >= 4 is 23.1 Å². The molecular formula is C18H19N5O2. The monoisotopic (exact) mass is 337 g/mol. The van der Waals surface area contributed by atoms with Crippen molar-refractivity contribution in [3.8, 4) is 11.5 Å². The topological polar surface area (TPSA) is 81.2 Å². The quantitative estimate of drug-likeness (QED) is 0.710. The van der Waals surface area contributed by atoms with Gasteiger partial charge in [-0.05, 0) is 31.2 Å². The summed E-state index contributed by atoms with van der Waals surface area (Å²) in [4.78, 5) is 4.42. The second-order valence-electron chi connectivity index (χ2n) is 5.35. The molecular weight excluding hydrogens is 318 g/mol. The Morgan fingerprint density at radius 1 is 0.840 bits per heavy atom. The molecule has 2 N–H and O–H groups in total. The molecule has 7 nitrogen and oxygen atoms in total. The van der Waals surface area contributed by atoms with Crippen LogP contribution in [0.1, 0.15) is 5.56 Å². The first kappa shape index (κ1) is 16.5. The largest absolute Gasteiger partial charge is 0.493 e. The van der Waals surface area contributed by atoms with Crippen LogP contribution < -0.4 is 20.1 Å². The van der Waals surface area contributed by atoms with Gasteiger partial charge in [-0.15, -0.1) is 5.10 Å². The van der Waals surface area contributed by atoms with E-state index < -0.39 is 0 Å². The second-order valence-corrected chi connectivity index (χ2v) is 5.35. The Labute approximate surface area is 146 Å². The number of hydrogen-bond acceptors (Lipinski definition) is 7. The lowest BCUT2D eigenvalue weighted by molar-refractivity contribution is 0.355. The van der Waals surface area contributed by atoms with Gasteiger partial charge in [0.25, 0.3) is 0 Å². The fourth-order valence-corrected chi connectivity index (χ4v) is 2.24. The van der Waals surface area contributed by atoms with E-state index in [4.69, 9.17) is 9.47 Å². The normalized spacial score (nSPS) is 10.2. The molecule has 0 saturated carbocycles. The Kier molecular flexibility index (Phi) is 4.94. The van der Waals surface area contributed by atoms with Gasteiger partial charge in [-0.3, -0.25) is 0 Å². The standard InChI is InChI=1S/C18H19N5O2/c1-12-4-6-13(7-5-12)21-18-22-17(11-19-23-18)20-14-8-9-15(24-2)16(10-14)25-3/h4-11H,1-3H3,(H2,20,21,22,23). The van der Waals surface area contributed by atoms with Gasteiger partial charge in [-0.2, -0.15) is 10.1 Å². The molecule has 0 fully saturated rings. The fraction of sp³-hybridized carbons (Fsp3) is 0.167. The van der Waals surface area contributed by atoms with E-state index in [9.17, 15) is 0 Å². The molecule has 0 bridgehead atoms. The number of nitrogens with one attached hydrogen (secondary N) is 2. The van der Waals surface area contributed by atoms with Gasteiger partial charge in [-0.1, -0.05) is 17.7 Å². The van der Waals surface area contributed by atoms with Crippen LogP contribution in [0, 0.1) is 6.92 Å². The Bertz CT molecular complexity index is 852. The highest BCUT2D eigenvalue weighted by Crippen LogP contribution is 2.30. The van der Waals surface area contributed by atoms with Crippen molar-refractivity contribution in [2.45, 2.75) is 6.92 Å². The lowest BCUT2D eigenvalue weighted by Gasteiger charge is -2.11. The number of anilines is 4. The molecule has 0 atom stereocenters. The van der Waals surface area contributed by atoms with Gasteiger partial charge in [0, 0.05) is 17.4 Å². The van der Waals surface area contributed by atoms with Gasteiger partial charge in [0.15, 0.2) is 17.3 Å². The van der Waals surface area contributed by atoms with E-state index in [-0.39, 0.29) is 0 Å². The third-order valence-electron chi connectivity index (χ3n) is 3.52. The number of aryl methyl sites for hydroxylation is 1. The van der Waals surface area contributed by atoms with Crippen LogP contribution in [-0.4, -0.2) is 29.4 Å². The maximum absolute atomic E-state index is 5.30. The number of ether oxygens (including phenoxy) is 2. The fourth-order valence-electron chi connectivity index (χ4n) is 2.24. The predicted molar refractivity (Wildman–Crippen MR) is 97.1 cm³/mol. The van der Waals surface area contributed by atoms with Gasteiger partial charge in [0.05, 0.1) is 20.4 Å². The van der Waals surface area contributed by atoms with Crippen molar-refractivity contribution in [1.29, 1.82) is 0 Å². The molecule has 2 aromatic carbocycles. The van der Waals surface area contributed by atoms with Crippen molar-refractivity contribution in [2.75, 3.05) is 24.9 Å². The Hall–Kier alpha value is -3.35. The summed E-state index contributed by atoms with van der Waals surface area (Å²) in [6.07, 6.45) is 1.55. The third kappa shape index (κ3) is 4.14. The van der Waals surface area contributed by atoms with Crippen LogP contribution in [0.3, 0.4) is 0 Å². The molecule has 0 radical (unpaired) electrons. The minimum absolute atomic E-state index is 0.411. The van der Waals surface area contributed by atoms with E-state index in [1.54, 1.807) is 20.4 Å². The van der Waals surface area contributed by atoms with Crippen LogP contribution >= 0.6 is 0 Å². The van der Waals surface area contributed by atoms with Crippen LogP contribution in [-0.2, 0) is 0 Å². The van der Waals surface area contributed by atoms with Crippen molar-refractivity contribution in [2.24, 2.45) is 0 Å². The summed E-state index contributed by atoms with van der Waals surface area (Å²) in [7, 11) is 3.19.